The molecule has 0 saturated heterocycles. The highest BCUT2D eigenvalue weighted by Gasteiger charge is 2.14. The van der Waals surface area contributed by atoms with E-state index in [9.17, 15) is 4.79 Å². The fourth-order valence-electron chi connectivity index (χ4n) is 2.28. The molecule has 0 aliphatic carbocycles. The first kappa shape index (κ1) is 17.3. The van der Waals surface area contributed by atoms with E-state index in [-0.39, 0.29) is 5.97 Å². The number of carbonyl (C=O) groups excluding carboxylic acids is 1. The second-order valence-corrected chi connectivity index (χ2v) is 5.42. The van der Waals surface area contributed by atoms with Crippen LogP contribution in [-0.4, -0.2) is 18.6 Å². The summed E-state index contributed by atoms with van der Waals surface area (Å²) in [4.78, 5) is 12.0. The second kappa shape index (κ2) is 9.27. The van der Waals surface area contributed by atoms with Gasteiger partial charge in [-0.25, -0.2) is 4.79 Å². The second-order valence-electron chi connectivity index (χ2n) is 5.42. The molecule has 118 valence electrons. The molecule has 1 unspecified atom stereocenters. The molecule has 0 aliphatic rings. The Morgan fingerprint density at radius 1 is 1.29 bits per heavy atom. The van der Waals surface area contributed by atoms with Crippen LogP contribution in [-0.2, 0) is 4.74 Å². The number of hydrogen-bond donors (Lipinski definition) is 2. The first-order chi connectivity index (χ1) is 10.1. The highest BCUT2D eigenvalue weighted by molar-refractivity contribution is 5.96. The quantitative estimate of drug-likeness (QED) is 0.406. The number of nitrogen functional groups attached to an aromatic ring is 1. The molecule has 0 aromatic heterocycles. The van der Waals surface area contributed by atoms with Crippen LogP contribution in [0.1, 0.15) is 63.2 Å². The summed E-state index contributed by atoms with van der Waals surface area (Å²) in [6, 6.07) is 5.64. The Kier molecular flexibility index (Phi) is 7.65. The lowest BCUT2D eigenvalue weighted by Gasteiger charge is -2.18. The van der Waals surface area contributed by atoms with Crippen LogP contribution in [0.15, 0.2) is 18.2 Å². The SMILES string of the molecule is CCCCCCC(C)Nc1ccc(N)cc1C(=O)OCC. The number of anilines is 2. The Balaban J connectivity index is 2.66. The van der Waals surface area contributed by atoms with E-state index in [1.165, 1.54) is 25.7 Å². The van der Waals surface area contributed by atoms with Gasteiger partial charge in [-0.2, -0.15) is 0 Å². The van der Waals surface area contributed by atoms with Crippen LogP contribution in [0.2, 0.25) is 0 Å². The maximum atomic E-state index is 12.0. The molecule has 1 rings (SSSR count). The van der Waals surface area contributed by atoms with Gasteiger partial charge in [0, 0.05) is 17.4 Å². The zero-order valence-electron chi connectivity index (χ0n) is 13.4. The van der Waals surface area contributed by atoms with Gasteiger partial charge in [-0.15, -0.1) is 0 Å². The van der Waals surface area contributed by atoms with Crippen LogP contribution in [0.4, 0.5) is 11.4 Å². The van der Waals surface area contributed by atoms with E-state index in [4.69, 9.17) is 10.5 Å². The molecule has 0 amide bonds. The fraction of sp³-hybridized carbons (Fsp3) is 0.588. The highest BCUT2D eigenvalue weighted by Crippen LogP contribution is 2.22. The summed E-state index contributed by atoms with van der Waals surface area (Å²) in [7, 11) is 0. The number of rotatable bonds is 9. The largest absolute Gasteiger partial charge is 0.462 e. The summed E-state index contributed by atoms with van der Waals surface area (Å²) in [5.74, 6) is -0.328. The number of carbonyl (C=O) groups is 1. The topological polar surface area (TPSA) is 64.3 Å². The summed E-state index contributed by atoms with van der Waals surface area (Å²) in [5.41, 5.74) is 7.65. The molecule has 1 aromatic carbocycles. The van der Waals surface area contributed by atoms with Crippen molar-refractivity contribution in [2.45, 2.75) is 58.9 Å². The van der Waals surface area contributed by atoms with Gasteiger partial charge in [-0.05, 0) is 38.5 Å². The maximum absolute atomic E-state index is 12.0. The molecule has 0 bridgehead atoms. The summed E-state index contributed by atoms with van der Waals surface area (Å²) in [5, 5.41) is 3.40. The Labute approximate surface area is 128 Å². The number of esters is 1. The summed E-state index contributed by atoms with van der Waals surface area (Å²) in [6.45, 7) is 6.51. The van der Waals surface area contributed by atoms with Crippen molar-refractivity contribution in [3.8, 4) is 0 Å². The zero-order valence-corrected chi connectivity index (χ0v) is 13.4. The molecule has 0 fully saturated rings. The van der Waals surface area contributed by atoms with Gasteiger partial charge >= 0.3 is 5.97 Å². The lowest BCUT2D eigenvalue weighted by molar-refractivity contribution is 0.0527. The van der Waals surface area contributed by atoms with Gasteiger partial charge in [-0.1, -0.05) is 32.6 Å². The molecule has 1 aromatic rings. The van der Waals surface area contributed by atoms with E-state index in [0.717, 1.165) is 12.1 Å². The number of nitrogens with one attached hydrogen (secondary N) is 1. The van der Waals surface area contributed by atoms with E-state index in [1.54, 1.807) is 19.1 Å². The van der Waals surface area contributed by atoms with Gasteiger partial charge in [0.1, 0.15) is 0 Å². The van der Waals surface area contributed by atoms with Crippen LogP contribution >= 0.6 is 0 Å². The minimum atomic E-state index is -0.328. The van der Waals surface area contributed by atoms with Gasteiger partial charge in [0.25, 0.3) is 0 Å². The molecule has 3 N–H and O–H groups in total. The normalized spacial score (nSPS) is 12.0. The number of ether oxygens (including phenoxy) is 1. The zero-order chi connectivity index (χ0) is 15.7. The molecule has 0 aliphatic heterocycles. The lowest BCUT2D eigenvalue weighted by atomic mass is 10.1. The highest BCUT2D eigenvalue weighted by atomic mass is 16.5. The first-order valence-corrected chi connectivity index (χ1v) is 7.91. The van der Waals surface area contributed by atoms with E-state index < -0.39 is 0 Å². The van der Waals surface area contributed by atoms with E-state index >= 15 is 0 Å². The molecule has 0 saturated carbocycles. The number of unbranched alkanes of at least 4 members (excludes halogenated alkanes) is 3. The van der Waals surface area contributed by atoms with Crippen LogP contribution in [0.25, 0.3) is 0 Å². The van der Waals surface area contributed by atoms with Crippen LogP contribution in [0.5, 0.6) is 0 Å². The first-order valence-electron chi connectivity index (χ1n) is 7.91. The average molecular weight is 292 g/mol. The lowest BCUT2D eigenvalue weighted by Crippen LogP contribution is -2.18. The Morgan fingerprint density at radius 2 is 2.05 bits per heavy atom. The van der Waals surface area contributed by atoms with Gasteiger partial charge in [0.05, 0.1) is 12.2 Å². The van der Waals surface area contributed by atoms with Gasteiger partial charge in [-0.3, -0.25) is 0 Å². The van der Waals surface area contributed by atoms with Crippen LogP contribution < -0.4 is 11.1 Å². The van der Waals surface area contributed by atoms with Crippen molar-refractivity contribution in [1.82, 2.24) is 0 Å². The summed E-state index contributed by atoms with van der Waals surface area (Å²) in [6.07, 6.45) is 6.07. The minimum absolute atomic E-state index is 0.318. The monoisotopic (exact) mass is 292 g/mol. The Hall–Kier alpha value is -1.71. The third-order valence-corrected chi connectivity index (χ3v) is 3.43. The molecule has 4 heteroatoms. The van der Waals surface area contributed by atoms with Gasteiger partial charge < -0.3 is 15.8 Å². The van der Waals surface area contributed by atoms with Crippen molar-refractivity contribution in [2.24, 2.45) is 0 Å². The van der Waals surface area contributed by atoms with Gasteiger partial charge in [0.2, 0.25) is 0 Å². The van der Waals surface area contributed by atoms with Crippen molar-refractivity contribution in [1.29, 1.82) is 0 Å². The molecule has 1 atom stereocenters. The number of benzene rings is 1. The van der Waals surface area contributed by atoms with Crippen LogP contribution in [0.3, 0.4) is 0 Å². The molecular formula is C17H28N2O2. The van der Waals surface area contributed by atoms with Crippen LogP contribution in [0, 0.1) is 0 Å². The fourth-order valence-corrected chi connectivity index (χ4v) is 2.28. The number of hydrogen-bond acceptors (Lipinski definition) is 4. The van der Waals surface area contributed by atoms with Gasteiger partial charge in [0.15, 0.2) is 0 Å². The number of nitrogens with two attached hydrogens (primary N) is 1. The molecule has 4 nitrogen and oxygen atoms in total. The van der Waals surface area contributed by atoms with E-state index in [2.05, 4.69) is 19.2 Å². The molecule has 0 radical (unpaired) electrons. The molecule has 21 heavy (non-hydrogen) atoms. The standard InChI is InChI=1S/C17H28N2O2/c1-4-6-7-8-9-13(3)19-16-11-10-14(18)12-15(16)17(20)21-5-2/h10-13,19H,4-9,18H2,1-3H3. The smallest absolute Gasteiger partial charge is 0.340 e. The Bertz CT molecular complexity index is 446. The minimum Gasteiger partial charge on any atom is -0.462 e. The molecule has 0 heterocycles. The van der Waals surface area contributed by atoms with Crippen molar-refractivity contribution < 1.29 is 9.53 Å². The third-order valence-electron chi connectivity index (χ3n) is 3.43. The van der Waals surface area contributed by atoms with Crippen molar-refractivity contribution in [2.75, 3.05) is 17.7 Å². The molecular weight excluding hydrogens is 264 g/mol. The predicted octanol–water partition coefficient (Wildman–Crippen LogP) is 4.22. The van der Waals surface area contributed by atoms with E-state index in [0.29, 0.717) is 23.9 Å². The average Bonchev–Trinajstić information content (AvgIpc) is 2.46. The van der Waals surface area contributed by atoms with Crippen molar-refractivity contribution in [3.63, 3.8) is 0 Å². The predicted molar refractivity (Wildman–Crippen MR) is 88.7 cm³/mol. The third kappa shape index (κ3) is 6.06. The summed E-state index contributed by atoms with van der Waals surface area (Å²) >= 11 is 0. The maximum Gasteiger partial charge on any atom is 0.340 e. The van der Waals surface area contributed by atoms with Crippen molar-refractivity contribution in [3.05, 3.63) is 23.8 Å². The molecule has 0 spiro atoms. The van der Waals surface area contributed by atoms with E-state index in [1.807, 2.05) is 6.07 Å². The Morgan fingerprint density at radius 3 is 2.71 bits per heavy atom. The van der Waals surface area contributed by atoms with Crippen molar-refractivity contribution >= 4 is 17.3 Å². The summed E-state index contributed by atoms with van der Waals surface area (Å²) < 4.78 is 5.08.